The molecule has 0 spiro atoms. The highest BCUT2D eigenvalue weighted by molar-refractivity contribution is 6.27. The maximum Gasteiger partial charge on any atom is 0.333 e. The predicted octanol–water partition coefficient (Wildman–Crippen LogP) is -0.684. The lowest BCUT2D eigenvalue weighted by molar-refractivity contribution is -0.252. The fourth-order valence-electron chi connectivity index (χ4n) is 1.11. The first kappa shape index (κ1) is 19.2. The average molecular weight is 308 g/mol. The second-order valence-electron chi connectivity index (χ2n) is 3.97. The molecule has 0 aliphatic heterocycles. The Hall–Kier alpha value is -0.773. The van der Waals surface area contributed by atoms with Crippen LogP contribution in [0.15, 0.2) is 12.2 Å². The number of carbonyl (C=O) groups is 1. The van der Waals surface area contributed by atoms with Gasteiger partial charge in [0, 0.05) is 5.57 Å². The number of aliphatic hydroxyl groups is 2. The van der Waals surface area contributed by atoms with Crippen LogP contribution in [0.5, 0.6) is 0 Å². The van der Waals surface area contributed by atoms with Gasteiger partial charge in [-0.15, -0.1) is 0 Å². The van der Waals surface area contributed by atoms with Crippen molar-refractivity contribution in [3.8, 4) is 0 Å². The Labute approximate surface area is 121 Å². The third kappa shape index (κ3) is 11.1. The van der Waals surface area contributed by atoms with E-state index in [0.717, 1.165) is 6.04 Å². The van der Waals surface area contributed by atoms with Crippen LogP contribution in [-0.4, -0.2) is 65.5 Å². The Morgan fingerprint density at radius 1 is 1.20 bits per heavy atom. The van der Waals surface area contributed by atoms with E-state index in [1.165, 1.54) is 0 Å². The number of ether oxygens (including phenoxy) is 3. The summed E-state index contributed by atoms with van der Waals surface area (Å²) < 4.78 is 20.6. The van der Waals surface area contributed by atoms with Gasteiger partial charge in [0.15, 0.2) is 9.76 Å². The molecular weight excluding hydrogens is 284 g/mol. The minimum absolute atomic E-state index is 0.112. The van der Waals surface area contributed by atoms with Crippen LogP contribution in [0.3, 0.4) is 0 Å². The molecule has 0 bridgehead atoms. The highest BCUT2D eigenvalue weighted by Gasteiger charge is 2.09. The summed E-state index contributed by atoms with van der Waals surface area (Å²) in [6.45, 7) is 4.55. The van der Waals surface area contributed by atoms with Gasteiger partial charge in [-0.25, -0.2) is 4.79 Å². The van der Waals surface area contributed by atoms with Gasteiger partial charge in [0.05, 0.1) is 33.0 Å². The molecular formula is C12H24O7Si. The molecule has 0 aliphatic rings. The highest BCUT2D eigenvalue weighted by atomic mass is 28.2. The summed E-state index contributed by atoms with van der Waals surface area (Å²) in [5.41, 5.74) is 0.383. The smallest absolute Gasteiger partial charge is 0.333 e. The van der Waals surface area contributed by atoms with E-state index < -0.39 is 16.2 Å². The van der Waals surface area contributed by atoms with E-state index in [1.807, 2.05) is 0 Å². The molecule has 0 fully saturated rings. The lowest BCUT2D eigenvalue weighted by Gasteiger charge is -2.18. The Kier molecular flexibility index (Phi) is 12.7. The maximum atomic E-state index is 11.1. The third-order valence-corrected chi connectivity index (χ3v) is 3.36. The molecule has 0 rings (SSSR count). The third-order valence-electron chi connectivity index (χ3n) is 2.06. The van der Waals surface area contributed by atoms with Gasteiger partial charge in [-0.3, -0.25) is 0 Å². The fourth-order valence-corrected chi connectivity index (χ4v) is 2.07. The van der Waals surface area contributed by atoms with E-state index in [-0.39, 0.29) is 32.4 Å². The van der Waals surface area contributed by atoms with E-state index in [2.05, 4.69) is 6.58 Å². The number of rotatable bonds is 13. The molecule has 0 aromatic rings. The molecule has 0 unspecified atom stereocenters. The lowest BCUT2D eigenvalue weighted by atomic mass is 10.4. The number of carbonyl (C=O) groups excluding carboxylic acids is 1. The monoisotopic (exact) mass is 308 g/mol. The summed E-state index contributed by atoms with van der Waals surface area (Å²) in [7, 11) is -0.883. The normalized spacial score (nSPS) is 11.4. The summed E-state index contributed by atoms with van der Waals surface area (Å²) in [6, 6.07) is 0.797. The van der Waals surface area contributed by atoms with E-state index in [9.17, 15) is 4.79 Å². The van der Waals surface area contributed by atoms with Gasteiger partial charge in [0.1, 0.15) is 0 Å². The first-order valence-electron chi connectivity index (χ1n) is 6.51. The van der Waals surface area contributed by atoms with Crippen LogP contribution in [-0.2, 0) is 23.4 Å². The second kappa shape index (κ2) is 13.2. The van der Waals surface area contributed by atoms with Crippen molar-refractivity contribution in [3.63, 3.8) is 0 Å². The minimum atomic E-state index is -0.883. The van der Waals surface area contributed by atoms with Crippen LogP contribution >= 0.6 is 0 Å². The average Bonchev–Trinajstić information content (AvgIpc) is 2.44. The van der Waals surface area contributed by atoms with Gasteiger partial charge in [0.25, 0.3) is 6.48 Å². The van der Waals surface area contributed by atoms with Gasteiger partial charge in [0.2, 0.25) is 0 Å². The molecule has 0 saturated carbocycles. The molecule has 8 heteroatoms. The summed E-state index contributed by atoms with van der Waals surface area (Å²) in [5.74, 6) is -0.386. The highest BCUT2D eigenvalue weighted by Crippen LogP contribution is 2.01. The maximum absolute atomic E-state index is 11.1. The van der Waals surface area contributed by atoms with Crippen LogP contribution < -0.4 is 0 Å². The predicted molar refractivity (Wildman–Crippen MR) is 74.7 cm³/mol. The van der Waals surface area contributed by atoms with Crippen molar-refractivity contribution in [1.29, 1.82) is 0 Å². The van der Waals surface area contributed by atoms with E-state index in [0.29, 0.717) is 18.6 Å². The first-order chi connectivity index (χ1) is 9.61. The van der Waals surface area contributed by atoms with Gasteiger partial charge in [-0.05, 0) is 19.4 Å². The Morgan fingerprint density at radius 3 is 2.30 bits per heavy atom. The Balaban J connectivity index is 3.61. The molecule has 0 aliphatic carbocycles. The molecule has 7 nitrogen and oxygen atoms in total. The zero-order valence-electron chi connectivity index (χ0n) is 11.9. The summed E-state index contributed by atoms with van der Waals surface area (Å²) in [4.78, 5) is 11.1. The van der Waals surface area contributed by atoms with Crippen LogP contribution in [0.4, 0.5) is 0 Å². The topological polar surface area (TPSA) is 94.5 Å². The summed E-state index contributed by atoms with van der Waals surface area (Å²) in [5, 5.41) is 17.3. The van der Waals surface area contributed by atoms with Gasteiger partial charge in [-0.2, -0.15) is 0 Å². The fraction of sp³-hybridized carbons (Fsp3) is 0.750. The molecule has 20 heavy (non-hydrogen) atoms. The molecule has 0 heterocycles. The number of aliphatic hydroxyl groups excluding tert-OH is 2. The van der Waals surface area contributed by atoms with E-state index in [4.69, 9.17) is 28.8 Å². The van der Waals surface area contributed by atoms with Gasteiger partial charge >= 0.3 is 5.97 Å². The number of esters is 1. The zero-order chi connectivity index (χ0) is 15.2. The van der Waals surface area contributed by atoms with Gasteiger partial charge in [-0.1, -0.05) is 6.58 Å². The van der Waals surface area contributed by atoms with Crippen molar-refractivity contribution >= 4 is 15.7 Å². The molecule has 0 radical (unpaired) electrons. The Morgan fingerprint density at radius 2 is 1.80 bits per heavy atom. The quantitative estimate of drug-likeness (QED) is 0.153. The van der Waals surface area contributed by atoms with Crippen molar-refractivity contribution < 1.29 is 33.6 Å². The van der Waals surface area contributed by atoms with Crippen LogP contribution in [0.25, 0.3) is 0 Å². The molecule has 0 amide bonds. The standard InChI is InChI=1S/C12H24O7Si/c1-10(2)11(15)16-6-3-9-20-19-12(17-7-4-13)18-8-5-14/h12-14H,1,3-9,20H2,2H3. The number of hydrogen-bond donors (Lipinski definition) is 2. The second-order valence-corrected chi connectivity index (χ2v) is 5.42. The SMILES string of the molecule is C=C(C)C(=O)OCCC[SiH2]OC(OCCO)OCCO. The van der Waals surface area contributed by atoms with Crippen LogP contribution in [0, 0.1) is 0 Å². The Bertz CT molecular complexity index is 265. The first-order valence-corrected chi connectivity index (χ1v) is 8.08. The van der Waals surface area contributed by atoms with E-state index >= 15 is 0 Å². The zero-order valence-corrected chi connectivity index (χ0v) is 13.3. The van der Waals surface area contributed by atoms with Crippen molar-refractivity contribution in [2.24, 2.45) is 0 Å². The number of hydrogen-bond acceptors (Lipinski definition) is 7. The van der Waals surface area contributed by atoms with Crippen LogP contribution in [0.2, 0.25) is 6.04 Å². The molecule has 2 N–H and O–H groups in total. The molecule has 0 aromatic heterocycles. The van der Waals surface area contributed by atoms with Crippen molar-refractivity contribution in [1.82, 2.24) is 0 Å². The van der Waals surface area contributed by atoms with Crippen LogP contribution in [0.1, 0.15) is 13.3 Å². The summed E-state index contributed by atoms with van der Waals surface area (Å²) in [6.07, 6.45) is 0.706. The molecule has 118 valence electrons. The molecule has 0 atom stereocenters. The minimum Gasteiger partial charge on any atom is -0.462 e. The van der Waals surface area contributed by atoms with Crippen molar-refractivity contribution in [2.45, 2.75) is 25.9 Å². The largest absolute Gasteiger partial charge is 0.462 e. The lowest BCUT2D eigenvalue weighted by Crippen LogP contribution is -2.25. The van der Waals surface area contributed by atoms with Gasteiger partial charge < -0.3 is 28.8 Å². The van der Waals surface area contributed by atoms with Crippen molar-refractivity contribution in [3.05, 3.63) is 12.2 Å². The van der Waals surface area contributed by atoms with E-state index in [1.54, 1.807) is 6.92 Å². The van der Waals surface area contributed by atoms with Crippen molar-refractivity contribution in [2.75, 3.05) is 33.0 Å². The summed E-state index contributed by atoms with van der Waals surface area (Å²) >= 11 is 0. The molecule has 0 aromatic carbocycles. The molecule has 0 saturated heterocycles.